The van der Waals surface area contributed by atoms with E-state index in [1.165, 1.54) is 19.2 Å². The molecular formula is C17H18ClN3O4. The minimum atomic E-state index is -0.528. The second kappa shape index (κ2) is 8.34. The Bertz CT molecular complexity index is 765. The van der Waals surface area contributed by atoms with Crippen LogP contribution in [0.15, 0.2) is 42.5 Å². The zero-order chi connectivity index (χ0) is 18.4. The average molecular weight is 364 g/mol. The predicted molar refractivity (Wildman–Crippen MR) is 96.7 cm³/mol. The second-order valence-electron chi connectivity index (χ2n) is 5.26. The van der Waals surface area contributed by atoms with Gasteiger partial charge in [-0.1, -0.05) is 11.6 Å². The monoisotopic (exact) mass is 363 g/mol. The molecule has 0 atom stereocenters. The summed E-state index contributed by atoms with van der Waals surface area (Å²) in [4.78, 5) is 24.2. The van der Waals surface area contributed by atoms with E-state index in [4.69, 9.17) is 16.3 Å². The Morgan fingerprint density at radius 2 is 1.96 bits per heavy atom. The van der Waals surface area contributed by atoms with Gasteiger partial charge in [0.1, 0.15) is 12.4 Å². The number of carbonyl (C=O) groups excluding carboxylic acids is 1. The van der Waals surface area contributed by atoms with Crippen LogP contribution in [0.4, 0.5) is 11.4 Å². The number of anilines is 1. The van der Waals surface area contributed by atoms with Gasteiger partial charge in [-0.25, -0.2) is 0 Å². The number of hydrogen-bond donors (Lipinski definition) is 1. The fraction of sp³-hybridized carbons (Fsp3) is 0.235. The summed E-state index contributed by atoms with van der Waals surface area (Å²) < 4.78 is 5.63. The van der Waals surface area contributed by atoms with Crippen molar-refractivity contribution < 1.29 is 14.5 Å². The number of nitrogens with one attached hydrogen (secondary N) is 1. The molecule has 8 heteroatoms. The number of nitro benzene ring substituents is 1. The lowest BCUT2D eigenvalue weighted by Crippen LogP contribution is -2.28. The van der Waals surface area contributed by atoms with Gasteiger partial charge in [-0.2, -0.15) is 0 Å². The molecule has 0 aromatic heterocycles. The molecule has 0 radical (unpaired) electrons. The number of non-ortho nitro benzene ring substituents is 1. The first kappa shape index (κ1) is 18.5. The first-order chi connectivity index (χ1) is 11.9. The number of amides is 1. The van der Waals surface area contributed by atoms with Gasteiger partial charge < -0.3 is 15.0 Å². The topological polar surface area (TPSA) is 84.7 Å². The van der Waals surface area contributed by atoms with Crippen molar-refractivity contribution in [3.05, 3.63) is 63.2 Å². The van der Waals surface area contributed by atoms with Crippen molar-refractivity contribution in [1.29, 1.82) is 0 Å². The molecule has 0 saturated carbocycles. The third-order valence-electron chi connectivity index (χ3n) is 3.58. The van der Waals surface area contributed by atoms with Crippen LogP contribution < -0.4 is 15.0 Å². The molecule has 2 aromatic rings. The third-order valence-corrected chi connectivity index (χ3v) is 3.83. The molecule has 0 aliphatic rings. The number of rotatable bonds is 7. The van der Waals surface area contributed by atoms with Gasteiger partial charge in [0.05, 0.1) is 17.0 Å². The summed E-state index contributed by atoms with van der Waals surface area (Å²) in [5, 5.41) is 14.1. The fourth-order valence-corrected chi connectivity index (χ4v) is 2.36. The van der Waals surface area contributed by atoms with Crippen molar-refractivity contribution in [3.63, 3.8) is 0 Å². The molecule has 7 nitrogen and oxygen atoms in total. The maximum absolute atomic E-state index is 12.0. The average Bonchev–Trinajstić information content (AvgIpc) is 2.62. The van der Waals surface area contributed by atoms with Gasteiger partial charge in [0.2, 0.25) is 0 Å². The molecule has 2 rings (SSSR count). The lowest BCUT2D eigenvalue weighted by molar-refractivity contribution is -0.384. The Kier molecular flexibility index (Phi) is 6.19. The summed E-state index contributed by atoms with van der Waals surface area (Å²) in [6.07, 6.45) is 0. The Hall–Kier alpha value is -2.80. The van der Waals surface area contributed by atoms with Gasteiger partial charge >= 0.3 is 0 Å². The SMILES string of the molecule is CNC(=O)c1cc([N+](=O)[O-])ccc1N(C)CCOc1ccc(Cl)cc1. The van der Waals surface area contributed by atoms with Crippen molar-refractivity contribution >= 4 is 28.9 Å². The van der Waals surface area contributed by atoms with Crippen LogP contribution in [0, 0.1) is 10.1 Å². The minimum absolute atomic E-state index is 0.131. The van der Waals surface area contributed by atoms with Crippen molar-refractivity contribution in [3.8, 4) is 5.75 Å². The first-order valence-electron chi connectivity index (χ1n) is 7.52. The molecule has 0 fully saturated rings. The highest BCUT2D eigenvalue weighted by Gasteiger charge is 2.18. The number of nitrogens with zero attached hydrogens (tertiary/aromatic N) is 2. The van der Waals surface area contributed by atoms with Gasteiger partial charge in [-0.05, 0) is 30.3 Å². The summed E-state index contributed by atoms with van der Waals surface area (Å²) in [5.41, 5.74) is 0.698. The number of nitro groups is 1. The number of ether oxygens (including phenoxy) is 1. The van der Waals surface area contributed by atoms with Gasteiger partial charge in [0, 0.05) is 36.9 Å². The molecule has 0 spiro atoms. The molecule has 2 aromatic carbocycles. The molecule has 0 aliphatic heterocycles. The fourth-order valence-electron chi connectivity index (χ4n) is 2.24. The molecule has 1 amide bonds. The third kappa shape index (κ3) is 4.84. The Balaban J connectivity index is 2.09. The summed E-state index contributed by atoms with van der Waals surface area (Å²) in [5.74, 6) is 0.303. The Morgan fingerprint density at radius 3 is 2.56 bits per heavy atom. The van der Waals surface area contributed by atoms with Gasteiger partial charge in [0.25, 0.3) is 11.6 Å². The van der Waals surface area contributed by atoms with E-state index in [1.54, 1.807) is 37.4 Å². The molecular weight excluding hydrogens is 346 g/mol. The normalized spacial score (nSPS) is 10.2. The highest BCUT2D eigenvalue weighted by atomic mass is 35.5. The van der Waals surface area contributed by atoms with E-state index in [2.05, 4.69) is 5.32 Å². The Labute approximate surface area is 150 Å². The number of benzene rings is 2. The summed E-state index contributed by atoms with van der Waals surface area (Å²) in [7, 11) is 3.27. The van der Waals surface area contributed by atoms with Crippen LogP contribution in [0.1, 0.15) is 10.4 Å². The van der Waals surface area contributed by atoms with E-state index in [1.807, 2.05) is 4.90 Å². The van der Waals surface area contributed by atoms with E-state index in [9.17, 15) is 14.9 Å². The standard InChI is InChI=1S/C17H18ClN3O4/c1-19-17(22)15-11-13(21(23)24)5-8-16(15)20(2)9-10-25-14-6-3-12(18)4-7-14/h3-8,11H,9-10H2,1-2H3,(H,19,22). The summed E-state index contributed by atoms with van der Waals surface area (Å²) in [6.45, 7) is 0.868. The lowest BCUT2D eigenvalue weighted by atomic mass is 10.1. The molecule has 1 N–H and O–H groups in total. The molecule has 0 unspecified atom stereocenters. The van der Waals surface area contributed by atoms with Crippen molar-refractivity contribution in [2.45, 2.75) is 0 Å². The van der Waals surface area contributed by atoms with Crippen molar-refractivity contribution in [2.75, 3.05) is 32.1 Å². The molecule has 0 bridgehead atoms. The molecule has 132 valence electrons. The smallest absolute Gasteiger partial charge is 0.270 e. The van der Waals surface area contributed by atoms with E-state index < -0.39 is 4.92 Å². The zero-order valence-electron chi connectivity index (χ0n) is 13.9. The first-order valence-corrected chi connectivity index (χ1v) is 7.90. The number of likely N-dealkylation sites (N-methyl/N-ethyl adjacent to an activating group) is 1. The molecule has 25 heavy (non-hydrogen) atoms. The predicted octanol–water partition coefficient (Wildman–Crippen LogP) is 3.12. The lowest BCUT2D eigenvalue weighted by Gasteiger charge is -2.22. The quantitative estimate of drug-likeness (QED) is 0.603. The minimum Gasteiger partial charge on any atom is -0.492 e. The van der Waals surface area contributed by atoms with E-state index >= 15 is 0 Å². The number of carbonyl (C=O) groups is 1. The second-order valence-corrected chi connectivity index (χ2v) is 5.70. The zero-order valence-corrected chi connectivity index (χ0v) is 14.6. The maximum Gasteiger partial charge on any atom is 0.270 e. The summed E-state index contributed by atoms with van der Waals surface area (Å²) in [6, 6.07) is 11.2. The van der Waals surface area contributed by atoms with E-state index in [0.29, 0.717) is 29.6 Å². The van der Waals surface area contributed by atoms with Crippen LogP contribution in [-0.2, 0) is 0 Å². The van der Waals surface area contributed by atoms with Crippen LogP contribution in [0.5, 0.6) is 5.75 Å². The van der Waals surface area contributed by atoms with Crippen LogP contribution >= 0.6 is 11.6 Å². The van der Waals surface area contributed by atoms with Crippen LogP contribution in [0.2, 0.25) is 5.02 Å². The number of halogens is 1. The largest absolute Gasteiger partial charge is 0.492 e. The van der Waals surface area contributed by atoms with Gasteiger partial charge in [-0.15, -0.1) is 0 Å². The van der Waals surface area contributed by atoms with Crippen molar-refractivity contribution in [1.82, 2.24) is 5.32 Å². The Morgan fingerprint density at radius 1 is 1.28 bits per heavy atom. The van der Waals surface area contributed by atoms with Crippen molar-refractivity contribution in [2.24, 2.45) is 0 Å². The highest BCUT2D eigenvalue weighted by molar-refractivity contribution is 6.30. The van der Waals surface area contributed by atoms with Crippen LogP contribution in [0.3, 0.4) is 0 Å². The van der Waals surface area contributed by atoms with Crippen LogP contribution in [0.25, 0.3) is 0 Å². The summed E-state index contributed by atoms with van der Waals surface area (Å²) >= 11 is 5.82. The maximum atomic E-state index is 12.0. The van der Waals surface area contributed by atoms with Gasteiger partial charge in [0.15, 0.2) is 0 Å². The molecule has 0 saturated heterocycles. The number of hydrogen-bond acceptors (Lipinski definition) is 5. The molecule has 0 heterocycles. The van der Waals surface area contributed by atoms with Crippen LogP contribution in [-0.4, -0.2) is 38.1 Å². The highest BCUT2D eigenvalue weighted by Crippen LogP contribution is 2.25. The van der Waals surface area contributed by atoms with Gasteiger partial charge in [-0.3, -0.25) is 14.9 Å². The van der Waals surface area contributed by atoms with E-state index in [-0.39, 0.29) is 17.2 Å². The van der Waals surface area contributed by atoms with E-state index in [0.717, 1.165) is 0 Å². The molecule has 0 aliphatic carbocycles.